The van der Waals surface area contributed by atoms with Crippen molar-refractivity contribution in [2.45, 2.75) is 129 Å². The number of methoxy groups -OCH3 is 2. The van der Waals surface area contributed by atoms with E-state index < -0.39 is 24.3 Å². The standard InChI is InChI=1S/C52H64N8O6/c1-29(2)45(57-51(63)65-5)49(61)59-23-9-12-43(59)47-53-28-41(56-47)38-25-32-14-18-33-17-13-31(15-19-34(38)20-16-32)24-37(33)35-21-22-39-40(26-35)55-48(54-39)44-27-36-10-7-8-11-42(36)60(44)50(62)46(30(3)4)58-52(64)66-6/h13,16-17,20-22,24-26,28-30,36,42-46H,7-12,14-15,18-19,23,27H2,1-6H3,(H,53,56)(H,54,55)(H,57,63)(H,58,64)/t36-,42-,43-,44-,45?,46?/m0/s1. The van der Waals surface area contributed by atoms with Crippen LogP contribution in [0.1, 0.15) is 119 Å². The Morgan fingerprint density at radius 2 is 1.35 bits per heavy atom. The minimum atomic E-state index is -0.695. The number of aromatic nitrogens is 4. The summed E-state index contributed by atoms with van der Waals surface area (Å²) in [6.07, 6.45) is 10.9. The summed E-state index contributed by atoms with van der Waals surface area (Å²) in [5, 5.41) is 5.57. The van der Waals surface area contributed by atoms with Gasteiger partial charge in [0.25, 0.3) is 0 Å². The monoisotopic (exact) mass is 896 g/mol. The summed E-state index contributed by atoms with van der Waals surface area (Å²) in [7, 11) is 2.63. The van der Waals surface area contributed by atoms with Crippen LogP contribution < -0.4 is 10.6 Å². The van der Waals surface area contributed by atoms with Gasteiger partial charge in [-0.25, -0.2) is 19.6 Å². The van der Waals surface area contributed by atoms with Crippen molar-refractivity contribution in [2.75, 3.05) is 20.8 Å². The molecule has 0 radical (unpaired) electrons. The third-order valence-electron chi connectivity index (χ3n) is 14.7. The van der Waals surface area contributed by atoms with E-state index in [0.29, 0.717) is 12.5 Å². The molecule has 14 heteroatoms. The second kappa shape index (κ2) is 19.0. The molecule has 2 saturated heterocycles. The molecule has 5 aromatic rings. The van der Waals surface area contributed by atoms with E-state index in [4.69, 9.17) is 19.4 Å². The van der Waals surface area contributed by atoms with Gasteiger partial charge in [-0.3, -0.25) is 9.59 Å². The smallest absolute Gasteiger partial charge is 0.407 e. The van der Waals surface area contributed by atoms with Gasteiger partial charge >= 0.3 is 12.2 Å². The van der Waals surface area contributed by atoms with E-state index in [1.807, 2.05) is 43.7 Å². The minimum absolute atomic E-state index is 0.0717. The summed E-state index contributed by atoms with van der Waals surface area (Å²) in [5.74, 6) is 1.53. The summed E-state index contributed by atoms with van der Waals surface area (Å²) in [6, 6.07) is 18.5. The number of amides is 4. The van der Waals surface area contributed by atoms with Crippen molar-refractivity contribution in [2.24, 2.45) is 17.8 Å². The average molecular weight is 897 g/mol. The van der Waals surface area contributed by atoms with Crippen LogP contribution in [-0.4, -0.2) is 92.6 Å². The zero-order chi connectivity index (χ0) is 46.2. The molecule has 3 fully saturated rings. The number of imidazole rings is 2. The summed E-state index contributed by atoms with van der Waals surface area (Å²) in [4.78, 5) is 74.1. The largest absolute Gasteiger partial charge is 0.453 e. The quantitative estimate of drug-likeness (QED) is 0.108. The van der Waals surface area contributed by atoms with E-state index >= 15 is 0 Å². The van der Waals surface area contributed by atoms with Crippen molar-refractivity contribution in [3.8, 4) is 22.4 Å². The number of likely N-dealkylation sites (tertiary alicyclic amines) is 2. The highest BCUT2D eigenvalue weighted by molar-refractivity contribution is 5.88. The Bertz CT molecular complexity index is 2620. The van der Waals surface area contributed by atoms with Gasteiger partial charge in [-0.1, -0.05) is 76.9 Å². The molecule has 4 bridgehead atoms. The number of aryl methyl sites for hydroxylation is 4. The van der Waals surface area contributed by atoms with E-state index in [2.05, 4.69) is 75.2 Å². The SMILES string of the molecule is COC(=O)NC(C(=O)N1CCC[C@H]1c1nc(-c2cc3ccc2CCc2ccc(c(-c4ccc5[nH]c([C@@H]6C[C@@H]7CCCC[C@@H]7N6C(=O)C(NC(=O)OC)C(C)C)nc5c4)c2)CC3)c[nH]1)C(C)C. The third-order valence-corrected chi connectivity index (χ3v) is 14.7. The molecule has 0 spiro atoms. The second-order valence-corrected chi connectivity index (χ2v) is 19.5. The molecule has 2 aliphatic heterocycles. The van der Waals surface area contributed by atoms with Crippen LogP contribution in [0.3, 0.4) is 0 Å². The third kappa shape index (κ3) is 8.90. The number of hydrogen-bond acceptors (Lipinski definition) is 8. The Morgan fingerprint density at radius 3 is 2.03 bits per heavy atom. The first kappa shape index (κ1) is 45.0. The summed E-state index contributed by atoms with van der Waals surface area (Å²) < 4.78 is 9.74. The van der Waals surface area contributed by atoms with Crippen LogP contribution in [0.25, 0.3) is 33.4 Å². The molecule has 12 rings (SSSR count). The van der Waals surface area contributed by atoms with E-state index in [1.54, 1.807) is 0 Å². The van der Waals surface area contributed by atoms with Crippen LogP contribution >= 0.6 is 0 Å². The number of nitrogens with one attached hydrogen (secondary N) is 4. The topological polar surface area (TPSA) is 175 Å². The highest BCUT2D eigenvalue weighted by Gasteiger charge is 2.48. The van der Waals surface area contributed by atoms with Crippen molar-refractivity contribution >= 4 is 35.0 Å². The number of rotatable bonds is 10. The number of fused-ring (bicyclic) bond motifs is 2. The molecule has 5 aliphatic carbocycles. The van der Waals surface area contributed by atoms with E-state index in [-0.39, 0.29) is 41.8 Å². The Kier molecular flexibility index (Phi) is 12.9. The Balaban J connectivity index is 0.955. The number of alkyl carbamates (subject to hydrolysis) is 2. The van der Waals surface area contributed by atoms with Gasteiger partial charge in [0.15, 0.2) is 0 Å². The van der Waals surface area contributed by atoms with Gasteiger partial charge < -0.3 is 39.9 Å². The maximum absolute atomic E-state index is 14.4. The van der Waals surface area contributed by atoms with Crippen LogP contribution in [-0.2, 0) is 44.7 Å². The first-order valence-corrected chi connectivity index (χ1v) is 24.0. The van der Waals surface area contributed by atoms with E-state index in [1.165, 1.54) is 42.0 Å². The van der Waals surface area contributed by atoms with Gasteiger partial charge in [0, 0.05) is 24.3 Å². The van der Waals surface area contributed by atoms with Gasteiger partial charge in [-0.15, -0.1) is 0 Å². The maximum atomic E-state index is 14.4. The fraction of sp³-hybridized carbons (Fsp3) is 0.500. The number of aromatic amines is 2. The lowest BCUT2D eigenvalue weighted by molar-refractivity contribution is -0.138. The molecule has 4 heterocycles. The van der Waals surface area contributed by atoms with Crippen LogP contribution in [0.4, 0.5) is 9.59 Å². The molecule has 1 saturated carbocycles. The molecule has 66 heavy (non-hydrogen) atoms. The Labute approximate surface area is 387 Å². The highest BCUT2D eigenvalue weighted by Crippen LogP contribution is 2.47. The van der Waals surface area contributed by atoms with Crippen molar-refractivity contribution in [1.29, 1.82) is 0 Å². The zero-order valence-corrected chi connectivity index (χ0v) is 39.1. The molecule has 2 aromatic heterocycles. The van der Waals surface area contributed by atoms with Crippen molar-refractivity contribution < 1.29 is 28.7 Å². The van der Waals surface area contributed by atoms with E-state index in [0.717, 1.165) is 110 Å². The lowest BCUT2D eigenvalue weighted by atomic mass is 9.84. The summed E-state index contributed by atoms with van der Waals surface area (Å²) in [5.41, 5.74) is 11.1. The molecule has 7 aliphatic rings. The molecule has 4 amide bonds. The zero-order valence-electron chi connectivity index (χ0n) is 39.1. The van der Waals surface area contributed by atoms with Crippen molar-refractivity contribution in [3.63, 3.8) is 0 Å². The molecule has 348 valence electrons. The number of ether oxygens (including phenoxy) is 2. The Hall–Kier alpha value is -6.18. The number of H-pyrrole nitrogens is 2. The number of nitrogens with zero attached hydrogens (tertiary/aromatic N) is 4. The number of carbonyl (C=O) groups is 4. The molecular formula is C52H64N8O6. The average Bonchev–Trinajstić information content (AvgIpc) is 4.15. The lowest BCUT2D eigenvalue weighted by Crippen LogP contribution is -2.53. The maximum Gasteiger partial charge on any atom is 0.407 e. The molecule has 2 unspecified atom stereocenters. The first-order chi connectivity index (χ1) is 31.9. The predicted octanol–water partition coefficient (Wildman–Crippen LogP) is 8.76. The fourth-order valence-corrected chi connectivity index (χ4v) is 11.1. The van der Waals surface area contributed by atoms with Gasteiger partial charge in [0.1, 0.15) is 23.7 Å². The van der Waals surface area contributed by atoms with Crippen LogP contribution in [0.5, 0.6) is 0 Å². The van der Waals surface area contributed by atoms with Crippen LogP contribution in [0.15, 0.2) is 60.8 Å². The van der Waals surface area contributed by atoms with Crippen LogP contribution in [0.2, 0.25) is 0 Å². The second-order valence-electron chi connectivity index (χ2n) is 19.5. The van der Waals surface area contributed by atoms with Gasteiger partial charge in [-0.2, -0.15) is 0 Å². The number of carbonyl (C=O) groups excluding carboxylic acids is 4. The molecule has 4 N–H and O–H groups in total. The van der Waals surface area contributed by atoms with Gasteiger partial charge in [0.05, 0.1) is 43.0 Å². The minimum Gasteiger partial charge on any atom is -0.453 e. The first-order valence-electron chi connectivity index (χ1n) is 24.0. The number of benzene rings is 3. The van der Waals surface area contributed by atoms with Gasteiger partial charge in [-0.05, 0) is 127 Å². The molecule has 6 atom stereocenters. The lowest BCUT2D eigenvalue weighted by Gasteiger charge is -2.36. The highest BCUT2D eigenvalue weighted by atomic mass is 16.5. The van der Waals surface area contributed by atoms with E-state index in [9.17, 15) is 19.2 Å². The normalized spacial score (nSPS) is 21.4. The molecular weight excluding hydrogens is 833 g/mol. The van der Waals surface area contributed by atoms with Crippen molar-refractivity contribution in [1.82, 2.24) is 40.4 Å². The number of hydrogen-bond donors (Lipinski definition) is 4. The summed E-state index contributed by atoms with van der Waals surface area (Å²) >= 11 is 0. The van der Waals surface area contributed by atoms with Crippen LogP contribution in [0, 0.1) is 17.8 Å². The summed E-state index contributed by atoms with van der Waals surface area (Å²) in [6.45, 7) is 8.36. The Morgan fingerprint density at radius 1 is 0.697 bits per heavy atom. The predicted molar refractivity (Wildman–Crippen MR) is 252 cm³/mol. The molecule has 14 nitrogen and oxygen atoms in total. The van der Waals surface area contributed by atoms with Gasteiger partial charge in [0.2, 0.25) is 11.8 Å². The fourth-order valence-electron chi connectivity index (χ4n) is 11.1. The van der Waals surface area contributed by atoms with Crippen molar-refractivity contribution in [3.05, 3.63) is 94.7 Å². The molecule has 3 aromatic carbocycles.